The Balaban J connectivity index is 5.87. The molecule has 0 aromatic rings. The second-order valence-corrected chi connectivity index (χ2v) is 4.50. The molecule has 5 heteroatoms. The van der Waals surface area contributed by atoms with E-state index in [0.29, 0.717) is 0 Å². The van der Waals surface area contributed by atoms with E-state index in [-0.39, 0.29) is 0 Å². The lowest BCUT2D eigenvalue weighted by molar-refractivity contribution is -0.260. The maximum atomic E-state index is 13.2. The first-order valence-corrected chi connectivity index (χ1v) is 5.08. The molecule has 98 valence electrons. The van der Waals surface area contributed by atoms with Crippen LogP contribution in [0.1, 0.15) is 26.7 Å². The van der Waals surface area contributed by atoms with Crippen LogP contribution in [0.25, 0.3) is 0 Å². The number of hydrogen-bond acceptors (Lipinski definition) is 1. The lowest BCUT2D eigenvalue weighted by atomic mass is 9.61. The monoisotopic (exact) mass is 250 g/mol. The van der Waals surface area contributed by atoms with Crippen molar-refractivity contribution in [2.45, 2.75) is 32.9 Å². The molecule has 0 aromatic carbocycles. The molecule has 17 heavy (non-hydrogen) atoms. The second kappa shape index (κ2) is 4.94. The van der Waals surface area contributed by atoms with Gasteiger partial charge in [-0.2, -0.15) is 13.2 Å². The number of allylic oxidation sites excluding steroid dienone is 2. The predicted octanol–water partition coefficient (Wildman–Crippen LogP) is 3.80. The van der Waals surface area contributed by atoms with Crippen LogP contribution >= 0.6 is 0 Å². The van der Waals surface area contributed by atoms with Crippen LogP contribution in [-0.4, -0.2) is 17.3 Å². The molecule has 0 rings (SSSR count). The summed E-state index contributed by atoms with van der Waals surface area (Å²) in [5.41, 5.74) is -4.33. The highest BCUT2D eigenvalue weighted by atomic mass is 19.4. The Morgan fingerprint density at radius 2 is 1.53 bits per heavy atom. The second-order valence-electron chi connectivity index (χ2n) is 4.50. The van der Waals surface area contributed by atoms with Crippen LogP contribution in [0.5, 0.6) is 0 Å². The quantitative estimate of drug-likeness (QED) is 0.728. The van der Waals surface area contributed by atoms with E-state index in [0.717, 1.165) is 26.0 Å². The summed E-state index contributed by atoms with van der Waals surface area (Å²) in [5.74, 6) is -1.49. The Kier molecular flexibility index (Phi) is 4.57. The molecule has 0 unspecified atom stereocenters. The zero-order valence-electron chi connectivity index (χ0n) is 9.97. The summed E-state index contributed by atoms with van der Waals surface area (Å²) in [5, 5.41) is 9.02. The maximum absolute atomic E-state index is 13.2. The fraction of sp³-hybridized carbons (Fsp3) is 0.583. The van der Waals surface area contributed by atoms with E-state index < -0.39 is 35.8 Å². The summed E-state index contributed by atoms with van der Waals surface area (Å²) >= 11 is 0. The van der Waals surface area contributed by atoms with Crippen molar-refractivity contribution in [3.05, 3.63) is 25.3 Å². The highest BCUT2D eigenvalue weighted by Gasteiger charge is 2.64. The van der Waals surface area contributed by atoms with Crippen LogP contribution in [0.3, 0.4) is 0 Å². The summed E-state index contributed by atoms with van der Waals surface area (Å²) in [6.45, 7) is 8.73. The first-order chi connectivity index (χ1) is 7.56. The summed E-state index contributed by atoms with van der Waals surface area (Å²) in [7, 11) is 0. The molecule has 2 nitrogen and oxygen atoms in total. The van der Waals surface area contributed by atoms with E-state index in [9.17, 15) is 18.0 Å². The first kappa shape index (κ1) is 15.7. The molecule has 0 heterocycles. The van der Waals surface area contributed by atoms with Gasteiger partial charge in [0.05, 0.1) is 10.8 Å². The van der Waals surface area contributed by atoms with E-state index in [1.54, 1.807) is 0 Å². The largest absolute Gasteiger partial charge is 0.481 e. The van der Waals surface area contributed by atoms with Gasteiger partial charge in [-0.05, 0) is 26.7 Å². The van der Waals surface area contributed by atoms with Gasteiger partial charge in [0.2, 0.25) is 0 Å². The van der Waals surface area contributed by atoms with Gasteiger partial charge in [0.15, 0.2) is 0 Å². The van der Waals surface area contributed by atoms with Gasteiger partial charge in [0.1, 0.15) is 0 Å². The number of hydrogen-bond donors (Lipinski definition) is 1. The number of carboxylic acid groups (broad SMARTS) is 1. The van der Waals surface area contributed by atoms with Gasteiger partial charge in [-0.3, -0.25) is 4.79 Å². The van der Waals surface area contributed by atoms with Crippen LogP contribution in [0.4, 0.5) is 13.2 Å². The number of carbonyl (C=O) groups is 1. The topological polar surface area (TPSA) is 37.3 Å². The standard InChI is InChI=1S/C12H17F3O2/c1-5-7-11(8-6-2,12(13,14)15)10(3,4)9(16)17/h5-6H,1-2,7-8H2,3-4H3,(H,16,17). The lowest BCUT2D eigenvalue weighted by Gasteiger charge is -2.44. The number of rotatable bonds is 6. The third-order valence-electron chi connectivity index (χ3n) is 3.26. The van der Waals surface area contributed by atoms with Crippen molar-refractivity contribution in [1.29, 1.82) is 0 Å². The average Bonchev–Trinajstić information content (AvgIpc) is 2.14. The Morgan fingerprint density at radius 1 is 1.18 bits per heavy atom. The Hall–Kier alpha value is -1.26. The molecule has 0 atom stereocenters. The van der Waals surface area contributed by atoms with Crippen LogP contribution in [0.15, 0.2) is 25.3 Å². The fourth-order valence-electron chi connectivity index (χ4n) is 1.88. The zero-order chi connectivity index (χ0) is 13.9. The Bertz CT molecular complexity index is 306. The first-order valence-electron chi connectivity index (χ1n) is 5.08. The molecule has 0 amide bonds. The van der Waals surface area contributed by atoms with Crippen LogP contribution in [0, 0.1) is 10.8 Å². The van der Waals surface area contributed by atoms with E-state index in [1.807, 2.05) is 0 Å². The molecule has 0 aliphatic carbocycles. The molecule has 0 spiro atoms. The van der Waals surface area contributed by atoms with Gasteiger partial charge in [-0.25, -0.2) is 0 Å². The zero-order valence-corrected chi connectivity index (χ0v) is 9.97. The van der Waals surface area contributed by atoms with E-state index >= 15 is 0 Å². The van der Waals surface area contributed by atoms with Gasteiger partial charge < -0.3 is 5.11 Å². The van der Waals surface area contributed by atoms with Crippen LogP contribution < -0.4 is 0 Å². The predicted molar refractivity (Wildman–Crippen MR) is 59.5 cm³/mol. The Labute approximate surface area is 98.8 Å². The highest BCUT2D eigenvalue weighted by Crippen LogP contribution is 2.56. The van der Waals surface area contributed by atoms with Crippen LogP contribution in [0.2, 0.25) is 0 Å². The molecule has 0 aliphatic heterocycles. The van der Waals surface area contributed by atoms with Crippen molar-refractivity contribution < 1.29 is 23.1 Å². The minimum absolute atomic E-state index is 0.457. The molecular formula is C12H17F3O2. The normalized spacial score (nSPS) is 13.2. The summed E-state index contributed by atoms with van der Waals surface area (Å²) < 4.78 is 39.7. The minimum atomic E-state index is -4.64. The van der Waals surface area contributed by atoms with Crippen molar-refractivity contribution in [3.63, 3.8) is 0 Å². The summed E-state index contributed by atoms with van der Waals surface area (Å²) in [4.78, 5) is 11.1. The molecule has 1 N–H and O–H groups in total. The van der Waals surface area contributed by atoms with Gasteiger partial charge in [0, 0.05) is 0 Å². The summed E-state index contributed by atoms with van der Waals surface area (Å²) in [6.07, 6.45) is -3.36. The number of alkyl halides is 3. The highest BCUT2D eigenvalue weighted by molar-refractivity contribution is 5.75. The van der Waals surface area contributed by atoms with Gasteiger partial charge in [-0.1, -0.05) is 12.2 Å². The van der Waals surface area contributed by atoms with Crippen LogP contribution in [-0.2, 0) is 4.79 Å². The van der Waals surface area contributed by atoms with Gasteiger partial charge in [0.25, 0.3) is 0 Å². The summed E-state index contributed by atoms with van der Waals surface area (Å²) in [6, 6.07) is 0. The molecule has 0 aromatic heterocycles. The maximum Gasteiger partial charge on any atom is 0.396 e. The number of halogens is 3. The van der Waals surface area contributed by atoms with Gasteiger partial charge in [-0.15, -0.1) is 13.2 Å². The number of aliphatic carboxylic acids is 1. The van der Waals surface area contributed by atoms with Gasteiger partial charge >= 0.3 is 12.1 Å². The molecule has 0 saturated heterocycles. The van der Waals surface area contributed by atoms with Crippen molar-refractivity contribution in [2.24, 2.45) is 10.8 Å². The van der Waals surface area contributed by atoms with E-state index in [4.69, 9.17) is 5.11 Å². The average molecular weight is 250 g/mol. The third-order valence-corrected chi connectivity index (χ3v) is 3.26. The van der Waals surface area contributed by atoms with Crippen molar-refractivity contribution in [3.8, 4) is 0 Å². The fourth-order valence-corrected chi connectivity index (χ4v) is 1.88. The molecule has 0 aliphatic rings. The molecule has 0 radical (unpaired) electrons. The molecular weight excluding hydrogens is 233 g/mol. The number of carboxylic acids is 1. The minimum Gasteiger partial charge on any atom is -0.481 e. The van der Waals surface area contributed by atoms with Crippen molar-refractivity contribution in [1.82, 2.24) is 0 Å². The lowest BCUT2D eigenvalue weighted by Crippen LogP contribution is -2.52. The smallest absolute Gasteiger partial charge is 0.396 e. The van der Waals surface area contributed by atoms with Crippen molar-refractivity contribution >= 4 is 5.97 Å². The molecule has 0 fully saturated rings. The van der Waals surface area contributed by atoms with E-state index in [2.05, 4.69) is 13.2 Å². The SMILES string of the molecule is C=CCC(CC=C)(C(F)(F)F)C(C)(C)C(=O)O. The molecule has 0 bridgehead atoms. The van der Waals surface area contributed by atoms with E-state index in [1.165, 1.54) is 0 Å². The Morgan fingerprint density at radius 3 is 1.71 bits per heavy atom. The van der Waals surface area contributed by atoms with Crippen molar-refractivity contribution in [2.75, 3.05) is 0 Å². The molecule has 0 saturated carbocycles. The third kappa shape index (κ3) is 2.53.